The van der Waals surface area contributed by atoms with Crippen molar-refractivity contribution in [2.24, 2.45) is 20.5 Å². The molecule has 0 amide bonds. The summed E-state index contributed by atoms with van der Waals surface area (Å²) < 4.78 is 0. The van der Waals surface area contributed by atoms with Gasteiger partial charge in [-0.1, -0.05) is 47.5 Å². The molecule has 2 aromatic carbocycles. The molecule has 4 unspecified atom stereocenters. The summed E-state index contributed by atoms with van der Waals surface area (Å²) in [7, 11) is 0. The third-order valence-corrected chi connectivity index (χ3v) is 7.13. The minimum Gasteiger partial charge on any atom is -0.294 e. The molecule has 2 spiro atoms. The molecule has 2 aromatic rings. The summed E-state index contributed by atoms with van der Waals surface area (Å²) in [6, 6.07) is 15.4. The Balaban J connectivity index is 1.55. The SMILES string of the molecule is O=C1C2(CCCC13N=NCC3c1ccc(Cl)cc1)N=NCC2c1ccc(Cl)cc1. The van der Waals surface area contributed by atoms with Crippen LogP contribution in [0.15, 0.2) is 69.0 Å². The minimum atomic E-state index is -0.875. The van der Waals surface area contributed by atoms with Crippen LogP contribution >= 0.6 is 23.2 Å². The van der Waals surface area contributed by atoms with Gasteiger partial charge in [0.05, 0.1) is 13.1 Å². The number of benzene rings is 2. The second-order valence-corrected chi connectivity index (χ2v) is 8.96. The molecule has 0 bridgehead atoms. The lowest BCUT2D eigenvalue weighted by atomic mass is 9.60. The highest BCUT2D eigenvalue weighted by Crippen LogP contribution is 2.54. The van der Waals surface area contributed by atoms with Crippen molar-refractivity contribution in [2.45, 2.75) is 42.2 Å². The zero-order valence-electron chi connectivity index (χ0n) is 15.8. The molecule has 0 N–H and O–H groups in total. The molecular formula is C22H20Cl2N4O. The van der Waals surface area contributed by atoms with E-state index in [-0.39, 0.29) is 17.6 Å². The van der Waals surface area contributed by atoms with Crippen molar-refractivity contribution in [1.82, 2.24) is 0 Å². The number of hydrogen-bond donors (Lipinski definition) is 0. The monoisotopic (exact) mass is 426 g/mol. The number of hydrogen-bond acceptors (Lipinski definition) is 5. The fourth-order valence-electron chi connectivity index (χ4n) is 5.18. The topological polar surface area (TPSA) is 66.5 Å². The molecule has 1 fully saturated rings. The maximum atomic E-state index is 14.1. The summed E-state index contributed by atoms with van der Waals surface area (Å²) in [6.45, 7) is 1.01. The highest BCUT2D eigenvalue weighted by atomic mass is 35.5. The third kappa shape index (κ3) is 2.86. The fourth-order valence-corrected chi connectivity index (χ4v) is 5.43. The molecule has 5 rings (SSSR count). The molecule has 4 atom stereocenters. The first-order chi connectivity index (χ1) is 14.1. The van der Waals surface area contributed by atoms with Crippen molar-refractivity contribution in [3.8, 4) is 0 Å². The van der Waals surface area contributed by atoms with Gasteiger partial charge in [0.1, 0.15) is 0 Å². The zero-order chi connectivity index (χ0) is 20.1. The van der Waals surface area contributed by atoms with Crippen LogP contribution in [-0.4, -0.2) is 30.0 Å². The van der Waals surface area contributed by atoms with Crippen molar-refractivity contribution < 1.29 is 4.79 Å². The van der Waals surface area contributed by atoms with Crippen LogP contribution < -0.4 is 0 Å². The second kappa shape index (κ2) is 6.99. The highest BCUT2D eigenvalue weighted by molar-refractivity contribution is 6.30. The first kappa shape index (κ1) is 18.9. The number of halogens is 2. The van der Waals surface area contributed by atoms with Gasteiger partial charge in [0.2, 0.25) is 0 Å². The van der Waals surface area contributed by atoms with Gasteiger partial charge in [-0.2, -0.15) is 20.5 Å². The van der Waals surface area contributed by atoms with E-state index in [1.54, 1.807) is 0 Å². The van der Waals surface area contributed by atoms with E-state index in [1.165, 1.54) is 0 Å². The van der Waals surface area contributed by atoms with E-state index in [2.05, 4.69) is 20.5 Å². The van der Waals surface area contributed by atoms with E-state index in [0.29, 0.717) is 36.0 Å². The Morgan fingerprint density at radius 1 is 0.724 bits per heavy atom. The first-order valence-corrected chi connectivity index (χ1v) is 10.6. The van der Waals surface area contributed by atoms with Crippen molar-refractivity contribution >= 4 is 29.0 Å². The summed E-state index contributed by atoms with van der Waals surface area (Å²) in [6.07, 6.45) is 2.23. The molecule has 1 saturated carbocycles. The van der Waals surface area contributed by atoms with E-state index in [0.717, 1.165) is 17.5 Å². The molecule has 7 heteroatoms. The van der Waals surface area contributed by atoms with Crippen LogP contribution in [0.2, 0.25) is 10.0 Å². The van der Waals surface area contributed by atoms with Crippen molar-refractivity contribution in [3.63, 3.8) is 0 Å². The number of Topliss-reactive ketones (excluding diaryl/α,β-unsaturated/α-hetero) is 1. The summed E-state index contributed by atoms with van der Waals surface area (Å²) in [5.74, 6) is -0.129. The second-order valence-electron chi connectivity index (χ2n) is 8.09. The number of azo groups is 2. The molecule has 2 aliphatic heterocycles. The molecule has 5 nitrogen and oxygen atoms in total. The molecule has 29 heavy (non-hydrogen) atoms. The number of rotatable bonds is 2. The Kier molecular flexibility index (Phi) is 4.56. The Morgan fingerprint density at radius 3 is 1.55 bits per heavy atom. The Morgan fingerprint density at radius 2 is 1.14 bits per heavy atom. The molecule has 2 heterocycles. The van der Waals surface area contributed by atoms with Gasteiger partial charge in [0.15, 0.2) is 16.9 Å². The van der Waals surface area contributed by atoms with Gasteiger partial charge in [0, 0.05) is 21.9 Å². The van der Waals surface area contributed by atoms with E-state index >= 15 is 0 Å². The molecular weight excluding hydrogens is 407 g/mol. The van der Waals surface area contributed by atoms with Gasteiger partial charge in [-0.3, -0.25) is 4.79 Å². The predicted molar refractivity (Wildman–Crippen MR) is 112 cm³/mol. The maximum Gasteiger partial charge on any atom is 0.192 e. The van der Waals surface area contributed by atoms with Gasteiger partial charge in [-0.05, 0) is 54.7 Å². The first-order valence-electron chi connectivity index (χ1n) is 9.88. The zero-order valence-corrected chi connectivity index (χ0v) is 17.3. The van der Waals surface area contributed by atoms with E-state index in [1.807, 2.05) is 48.5 Å². The fraction of sp³-hybridized carbons (Fsp3) is 0.409. The normalized spacial score (nSPS) is 33.2. The van der Waals surface area contributed by atoms with Gasteiger partial charge < -0.3 is 0 Å². The average Bonchev–Trinajstić information content (AvgIpc) is 3.33. The van der Waals surface area contributed by atoms with Crippen LogP contribution in [0.4, 0.5) is 0 Å². The molecule has 0 radical (unpaired) electrons. The van der Waals surface area contributed by atoms with Gasteiger partial charge in [0.25, 0.3) is 0 Å². The van der Waals surface area contributed by atoms with Crippen LogP contribution in [0.5, 0.6) is 0 Å². The number of carbonyl (C=O) groups excluding carboxylic acids is 1. The van der Waals surface area contributed by atoms with Crippen LogP contribution in [-0.2, 0) is 4.79 Å². The molecule has 148 valence electrons. The van der Waals surface area contributed by atoms with E-state index in [4.69, 9.17) is 23.2 Å². The third-order valence-electron chi connectivity index (χ3n) is 6.63. The lowest BCUT2D eigenvalue weighted by Crippen LogP contribution is -2.58. The van der Waals surface area contributed by atoms with Crippen LogP contribution in [0.25, 0.3) is 0 Å². The number of ketones is 1. The lowest BCUT2D eigenvalue weighted by molar-refractivity contribution is -0.133. The highest BCUT2D eigenvalue weighted by Gasteiger charge is 2.63. The van der Waals surface area contributed by atoms with Gasteiger partial charge in [-0.25, -0.2) is 0 Å². The maximum absolute atomic E-state index is 14.1. The molecule has 0 aromatic heterocycles. The predicted octanol–water partition coefficient (Wildman–Crippen LogP) is 6.02. The van der Waals surface area contributed by atoms with Crippen LogP contribution in [0.1, 0.15) is 42.2 Å². The summed E-state index contributed by atoms with van der Waals surface area (Å²) in [4.78, 5) is 14.1. The molecule has 3 aliphatic rings. The van der Waals surface area contributed by atoms with Gasteiger partial charge in [-0.15, -0.1) is 0 Å². The van der Waals surface area contributed by atoms with E-state index < -0.39 is 11.1 Å². The summed E-state index contributed by atoms with van der Waals surface area (Å²) in [5.41, 5.74) is 0.339. The number of nitrogens with zero attached hydrogens (tertiary/aromatic N) is 4. The largest absolute Gasteiger partial charge is 0.294 e. The smallest absolute Gasteiger partial charge is 0.192 e. The summed E-state index contributed by atoms with van der Waals surface area (Å²) >= 11 is 12.1. The quantitative estimate of drug-likeness (QED) is 0.578. The Bertz CT molecular complexity index is 925. The van der Waals surface area contributed by atoms with Gasteiger partial charge >= 0.3 is 0 Å². The van der Waals surface area contributed by atoms with Crippen molar-refractivity contribution in [1.29, 1.82) is 0 Å². The van der Waals surface area contributed by atoms with E-state index in [9.17, 15) is 4.79 Å². The Hall–Kier alpha value is -2.11. The van der Waals surface area contributed by atoms with Crippen LogP contribution in [0, 0.1) is 0 Å². The van der Waals surface area contributed by atoms with Crippen molar-refractivity contribution in [2.75, 3.05) is 13.1 Å². The molecule has 1 aliphatic carbocycles. The standard InChI is InChI=1S/C22H20Cl2N4O/c23-16-6-2-14(3-7-16)18-12-25-27-21(18)10-1-11-22(20(21)29)19(13-26-28-22)15-4-8-17(24)9-5-15/h2-9,18-19H,1,10-13H2. The number of carbonyl (C=O) groups is 1. The van der Waals surface area contributed by atoms with Crippen molar-refractivity contribution in [3.05, 3.63) is 69.7 Å². The Labute approximate surface area is 179 Å². The van der Waals surface area contributed by atoms with Crippen LogP contribution in [0.3, 0.4) is 0 Å². The summed E-state index contributed by atoms with van der Waals surface area (Å²) in [5, 5.41) is 19.2. The average molecular weight is 427 g/mol. The minimum absolute atomic E-state index is 0.0543. The lowest BCUT2D eigenvalue weighted by Gasteiger charge is -2.43. The molecule has 0 saturated heterocycles.